The van der Waals surface area contributed by atoms with E-state index in [1.165, 1.54) is 4.90 Å². The number of carbonyl (C=O) groups is 1. The Morgan fingerprint density at radius 3 is 2.45 bits per heavy atom. The first kappa shape index (κ1) is 16.5. The van der Waals surface area contributed by atoms with Gasteiger partial charge in [0.05, 0.1) is 0 Å². The summed E-state index contributed by atoms with van der Waals surface area (Å²) in [5.74, 6) is -0.320. The first-order chi connectivity index (χ1) is 10.3. The molecule has 118 valence electrons. The number of aromatic nitrogens is 2. The third kappa shape index (κ3) is 4.33. The van der Waals surface area contributed by atoms with Crippen molar-refractivity contribution in [2.75, 3.05) is 7.05 Å². The Morgan fingerprint density at radius 1 is 1.27 bits per heavy atom. The van der Waals surface area contributed by atoms with Crippen LogP contribution in [0.2, 0.25) is 0 Å². The van der Waals surface area contributed by atoms with Crippen molar-refractivity contribution in [2.24, 2.45) is 0 Å². The van der Waals surface area contributed by atoms with Crippen LogP contribution in [0.3, 0.4) is 0 Å². The summed E-state index contributed by atoms with van der Waals surface area (Å²) in [4.78, 5) is 13.5. The molecule has 4 nitrogen and oxygen atoms in total. The smallest absolute Gasteiger partial charge is 0.340 e. The standard InChI is InChI=1S/C14H13BrF3N3O/c1-20(8-10-2-4-11(15)5-3-10)13(22)9-21-7-6-12(19-21)14(16,17)18/h2-7H,8-9H2,1H3. The largest absolute Gasteiger partial charge is 0.435 e. The molecule has 0 saturated carbocycles. The molecule has 22 heavy (non-hydrogen) atoms. The number of alkyl halides is 3. The summed E-state index contributed by atoms with van der Waals surface area (Å²) in [6.07, 6.45) is -3.36. The van der Waals surface area contributed by atoms with Crippen LogP contribution in [0.5, 0.6) is 0 Å². The Bertz CT molecular complexity index is 652. The maximum Gasteiger partial charge on any atom is 0.435 e. The van der Waals surface area contributed by atoms with Crippen LogP contribution in [-0.4, -0.2) is 27.6 Å². The summed E-state index contributed by atoms with van der Waals surface area (Å²) in [7, 11) is 1.60. The van der Waals surface area contributed by atoms with Gasteiger partial charge in [-0.1, -0.05) is 28.1 Å². The van der Waals surface area contributed by atoms with Gasteiger partial charge in [-0.2, -0.15) is 18.3 Å². The fourth-order valence-electron chi connectivity index (χ4n) is 1.81. The van der Waals surface area contributed by atoms with Crippen LogP contribution in [-0.2, 0) is 24.1 Å². The van der Waals surface area contributed by atoms with Crippen molar-refractivity contribution in [3.8, 4) is 0 Å². The fourth-order valence-corrected chi connectivity index (χ4v) is 2.08. The van der Waals surface area contributed by atoms with Crippen LogP contribution in [0.25, 0.3) is 0 Å². The number of carbonyl (C=O) groups excluding carboxylic acids is 1. The molecule has 0 N–H and O–H groups in total. The molecule has 0 atom stereocenters. The lowest BCUT2D eigenvalue weighted by molar-refractivity contribution is -0.142. The van der Waals surface area contributed by atoms with Gasteiger partial charge in [-0.3, -0.25) is 9.48 Å². The Hall–Kier alpha value is -1.83. The van der Waals surface area contributed by atoms with Crippen molar-refractivity contribution < 1.29 is 18.0 Å². The van der Waals surface area contributed by atoms with Gasteiger partial charge in [-0.05, 0) is 23.8 Å². The second-order valence-electron chi connectivity index (χ2n) is 4.77. The molecule has 0 aliphatic carbocycles. The maximum atomic E-state index is 12.4. The Kier molecular flexibility index (Phi) is 4.90. The highest BCUT2D eigenvalue weighted by Crippen LogP contribution is 2.27. The van der Waals surface area contributed by atoms with Crippen molar-refractivity contribution in [3.63, 3.8) is 0 Å². The monoisotopic (exact) mass is 375 g/mol. The zero-order valence-electron chi connectivity index (χ0n) is 11.6. The molecule has 1 aromatic heterocycles. The second-order valence-corrected chi connectivity index (χ2v) is 5.69. The number of amides is 1. The quantitative estimate of drug-likeness (QED) is 0.821. The lowest BCUT2D eigenvalue weighted by Gasteiger charge is -2.17. The van der Waals surface area contributed by atoms with Gasteiger partial charge >= 0.3 is 6.18 Å². The van der Waals surface area contributed by atoms with Gasteiger partial charge in [0.1, 0.15) is 6.54 Å². The number of hydrogen-bond acceptors (Lipinski definition) is 2. The summed E-state index contributed by atoms with van der Waals surface area (Å²) in [5.41, 5.74) is -0.0774. The van der Waals surface area contributed by atoms with Crippen molar-refractivity contribution in [2.45, 2.75) is 19.3 Å². The van der Waals surface area contributed by atoms with Crippen LogP contribution in [0.1, 0.15) is 11.3 Å². The molecule has 2 rings (SSSR count). The van der Waals surface area contributed by atoms with E-state index >= 15 is 0 Å². The van der Waals surface area contributed by atoms with Crippen molar-refractivity contribution in [1.82, 2.24) is 14.7 Å². The summed E-state index contributed by atoms with van der Waals surface area (Å²) in [6, 6.07) is 8.29. The minimum absolute atomic E-state index is 0.233. The van der Waals surface area contributed by atoms with Gasteiger partial charge in [0, 0.05) is 24.3 Å². The second kappa shape index (κ2) is 6.51. The van der Waals surface area contributed by atoms with Crippen molar-refractivity contribution in [1.29, 1.82) is 0 Å². The summed E-state index contributed by atoms with van der Waals surface area (Å²) in [5, 5.41) is 3.36. The van der Waals surface area contributed by atoms with Crippen molar-refractivity contribution in [3.05, 3.63) is 52.3 Å². The fraction of sp³-hybridized carbons (Fsp3) is 0.286. The Balaban J connectivity index is 1.96. The molecule has 0 spiro atoms. The molecule has 0 bridgehead atoms. The van der Waals surface area contributed by atoms with E-state index in [0.29, 0.717) is 6.54 Å². The SMILES string of the molecule is CN(Cc1ccc(Br)cc1)C(=O)Cn1ccc(C(F)(F)F)n1. The number of hydrogen-bond donors (Lipinski definition) is 0. The van der Waals surface area contributed by atoms with Gasteiger partial charge in [-0.25, -0.2) is 0 Å². The lowest BCUT2D eigenvalue weighted by atomic mass is 10.2. The molecule has 8 heteroatoms. The third-order valence-electron chi connectivity index (χ3n) is 2.99. The summed E-state index contributed by atoms with van der Waals surface area (Å²) < 4.78 is 39.2. The molecule has 0 saturated heterocycles. The summed E-state index contributed by atoms with van der Waals surface area (Å²) >= 11 is 3.32. The van der Waals surface area contributed by atoms with E-state index < -0.39 is 11.9 Å². The molecule has 0 radical (unpaired) electrons. The minimum atomic E-state index is -4.50. The zero-order valence-corrected chi connectivity index (χ0v) is 13.2. The molecule has 0 aliphatic heterocycles. The van der Waals surface area contributed by atoms with Gasteiger partial charge in [0.15, 0.2) is 5.69 Å². The number of rotatable bonds is 4. The number of benzene rings is 1. The van der Waals surface area contributed by atoms with E-state index in [-0.39, 0.29) is 12.5 Å². The molecule has 0 aliphatic rings. The van der Waals surface area contributed by atoms with Crippen LogP contribution in [0.15, 0.2) is 41.0 Å². The number of nitrogens with zero attached hydrogens (tertiary/aromatic N) is 3. The first-order valence-corrected chi connectivity index (χ1v) is 7.14. The van der Waals surface area contributed by atoms with E-state index in [1.54, 1.807) is 7.05 Å². The lowest BCUT2D eigenvalue weighted by Crippen LogP contribution is -2.30. The predicted molar refractivity (Wildman–Crippen MR) is 77.8 cm³/mol. The molecule has 2 aromatic rings. The van der Waals surface area contributed by atoms with Gasteiger partial charge in [0.25, 0.3) is 0 Å². The van der Waals surface area contributed by atoms with E-state index in [1.807, 2.05) is 24.3 Å². The highest BCUT2D eigenvalue weighted by molar-refractivity contribution is 9.10. The maximum absolute atomic E-state index is 12.4. The Labute approximate surface area is 133 Å². The van der Waals surface area contributed by atoms with Crippen LogP contribution in [0.4, 0.5) is 13.2 Å². The number of likely N-dealkylation sites (N-methyl/N-ethyl adjacent to an activating group) is 1. The number of halogens is 4. The van der Waals surface area contributed by atoms with Crippen LogP contribution < -0.4 is 0 Å². The summed E-state index contributed by atoms with van der Waals surface area (Å²) in [6.45, 7) is 0.141. The zero-order chi connectivity index (χ0) is 16.3. The molecule has 1 heterocycles. The molecular formula is C14H13BrF3N3O. The van der Waals surface area contributed by atoms with Crippen molar-refractivity contribution >= 4 is 21.8 Å². The van der Waals surface area contributed by atoms with E-state index in [9.17, 15) is 18.0 Å². The van der Waals surface area contributed by atoms with Gasteiger partial charge in [0.2, 0.25) is 5.91 Å². The van der Waals surface area contributed by atoms with Gasteiger partial charge in [-0.15, -0.1) is 0 Å². The average molecular weight is 376 g/mol. The highest BCUT2D eigenvalue weighted by atomic mass is 79.9. The molecule has 1 aromatic carbocycles. The molecule has 0 fully saturated rings. The van der Waals surface area contributed by atoms with Gasteiger partial charge < -0.3 is 4.90 Å². The van der Waals surface area contributed by atoms with E-state index in [2.05, 4.69) is 21.0 Å². The van der Waals surface area contributed by atoms with Crippen LogP contribution >= 0.6 is 15.9 Å². The molecular weight excluding hydrogens is 363 g/mol. The minimum Gasteiger partial charge on any atom is -0.340 e. The predicted octanol–water partition coefficient (Wildman–Crippen LogP) is 3.32. The normalized spacial score (nSPS) is 11.5. The molecule has 0 unspecified atom stereocenters. The Morgan fingerprint density at radius 2 is 1.91 bits per heavy atom. The average Bonchev–Trinajstić information content (AvgIpc) is 2.90. The van der Waals surface area contributed by atoms with E-state index in [4.69, 9.17) is 0 Å². The van der Waals surface area contributed by atoms with E-state index in [0.717, 1.165) is 27.0 Å². The topological polar surface area (TPSA) is 38.1 Å². The molecule has 1 amide bonds. The first-order valence-electron chi connectivity index (χ1n) is 6.35. The van der Waals surface area contributed by atoms with Crippen LogP contribution in [0, 0.1) is 0 Å². The highest BCUT2D eigenvalue weighted by Gasteiger charge is 2.33. The third-order valence-corrected chi connectivity index (χ3v) is 3.52.